The molecular formula is C7H4Br2F2IN. The van der Waals surface area contributed by atoms with E-state index >= 15 is 0 Å². The first-order chi connectivity index (χ1) is 6.06. The molecule has 1 aromatic heterocycles. The van der Waals surface area contributed by atoms with Crippen molar-refractivity contribution in [1.29, 1.82) is 0 Å². The van der Waals surface area contributed by atoms with E-state index in [4.69, 9.17) is 0 Å². The molecule has 6 heteroatoms. The van der Waals surface area contributed by atoms with Crippen molar-refractivity contribution >= 4 is 54.5 Å². The Kier molecular flexibility index (Phi) is 4.50. The molecule has 1 heterocycles. The van der Waals surface area contributed by atoms with Crippen molar-refractivity contribution in [2.75, 3.05) is 0 Å². The summed E-state index contributed by atoms with van der Waals surface area (Å²) in [7, 11) is 0. The number of pyridine rings is 1. The maximum atomic E-state index is 12.4. The van der Waals surface area contributed by atoms with Gasteiger partial charge in [0.15, 0.2) is 0 Å². The first-order valence-corrected chi connectivity index (χ1v) is 6.24. The SMILES string of the molecule is FC(F)c1c(I)cc(CBr)nc1Br. The van der Waals surface area contributed by atoms with Crippen LogP contribution in [0.5, 0.6) is 0 Å². The largest absolute Gasteiger partial charge is 0.267 e. The molecule has 0 aliphatic rings. The van der Waals surface area contributed by atoms with Gasteiger partial charge in [0.2, 0.25) is 0 Å². The molecule has 13 heavy (non-hydrogen) atoms. The number of aromatic nitrogens is 1. The third kappa shape index (κ3) is 2.82. The number of rotatable bonds is 2. The summed E-state index contributed by atoms with van der Waals surface area (Å²) in [6, 6.07) is 1.64. The van der Waals surface area contributed by atoms with Crippen molar-refractivity contribution in [3.05, 3.63) is 25.5 Å². The molecule has 0 saturated carbocycles. The quantitative estimate of drug-likeness (QED) is 0.391. The Bertz CT molecular complexity index is 296. The second-order valence-corrected chi connectivity index (χ2v) is 4.71. The average molecular weight is 427 g/mol. The van der Waals surface area contributed by atoms with Crippen molar-refractivity contribution in [2.24, 2.45) is 0 Å². The van der Waals surface area contributed by atoms with Crippen LogP contribution in [-0.4, -0.2) is 4.98 Å². The monoisotopic (exact) mass is 425 g/mol. The van der Waals surface area contributed by atoms with Crippen molar-refractivity contribution in [3.63, 3.8) is 0 Å². The predicted molar refractivity (Wildman–Crippen MR) is 62.2 cm³/mol. The Hall–Kier alpha value is 0.700. The minimum absolute atomic E-state index is 0.0368. The van der Waals surface area contributed by atoms with Gasteiger partial charge in [-0.1, -0.05) is 15.9 Å². The minimum atomic E-state index is -2.49. The van der Waals surface area contributed by atoms with E-state index in [0.717, 1.165) is 5.69 Å². The first-order valence-electron chi connectivity index (χ1n) is 3.25. The molecule has 0 aliphatic heterocycles. The number of hydrogen-bond donors (Lipinski definition) is 0. The molecule has 0 saturated heterocycles. The van der Waals surface area contributed by atoms with Crippen LogP contribution in [0.1, 0.15) is 17.7 Å². The van der Waals surface area contributed by atoms with Crippen molar-refractivity contribution in [2.45, 2.75) is 11.8 Å². The summed E-state index contributed by atoms with van der Waals surface area (Å²) in [6.45, 7) is 0. The van der Waals surface area contributed by atoms with E-state index in [-0.39, 0.29) is 10.2 Å². The molecule has 0 amide bonds. The normalized spacial score (nSPS) is 10.9. The third-order valence-corrected chi connectivity index (χ3v) is 3.44. The second kappa shape index (κ2) is 4.97. The van der Waals surface area contributed by atoms with Gasteiger partial charge in [0.1, 0.15) is 4.60 Å². The molecular weight excluding hydrogens is 423 g/mol. The van der Waals surface area contributed by atoms with Gasteiger partial charge in [-0.15, -0.1) is 0 Å². The van der Waals surface area contributed by atoms with Crippen LogP contribution >= 0.6 is 54.5 Å². The van der Waals surface area contributed by atoms with Gasteiger partial charge in [-0.2, -0.15) is 0 Å². The molecule has 0 N–H and O–H groups in total. The van der Waals surface area contributed by atoms with E-state index in [1.165, 1.54) is 0 Å². The van der Waals surface area contributed by atoms with Gasteiger partial charge in [-0.05, 0) is 44.6 Å². The standard InChI is InChI=1S/C7H4Br2F2IN/c8-2-3-1-4(12)5(7(10)11)6(9)13-3/h1,7H,2H2. The highest BCUT2D eigenvalue weighted by Gasteiger charge is 2.17. The number of hydrogen-bond acceptors (Lipinski definition) is 1. The third-order valence-electron chi connectivity index (χ3n) is 1.37. The highest BCUT2D eigenvalue weighted by atomic mass is 127. The Morgan fingerprint density at radius 3 is 2.54 bits per heavy atom. The summed E-state index contributed by atoms with van der Waals surface area (Å²) in [5.41, 5.74) is 0.700. The lowest BCUT2D eigenvalue weighted by molar-refractivity contribution is 0.149. The minimum Gasteiger partial charge on any atom is -0.244 e. The van der Waals surface area contributed by atoms with Crippen LogP contribution in [-0.2, 0) is 5.33 Å². The maximum Gasteiger partial charge on any atom is 0.267 e. The molecule has 72 valence electrons. The predicted octanol–water partition coefficient (Wildman–Crippen LogP) is 4.28. The molecule has 0 unspecified atom stereocenters. The summed E-state index contributed by atoms with van der Waals surface area (Å²) < 4.78 is 25.6. The van der Waals surface area contributed by atoms with Crippen LogP contribution in [0.4, 0.5) is 8.78 Å². The summed E-state index contributed by atoms with van der Waals surface area (Å²) in [4.78, 5) is 3.96. The summed E-state index contributed by atoms with van der Waals surface area (Å²) >= 11 is 8.12. The zero-order chi connectivity index (χ0) is 10.0. The summed E-state index contributed by atoms with van der Waals surface area (Å²) in [5, 5.41) is 0.561. The van der Waals surface area contributed by atoms with Crippen LogP contribution in [0.3, 0.4) is 0 Å². The Labute approximate surface area is 105 Å². The van der Waals surface area contributed by atoms with Crippen molar-refractivity contribution in [3.8, 4) is 0 Å². The Balaban J connectivity index is 3.23. The molecule has 1 rings (SSSR count). The molecule has 0 spiro atoms. The van der Waals surface area contributed by atoms with Crippen LogP contribution in [0.2, 0.25) is 0 Å². The lowest BCUT2D eigenvalue weighted by Gasteiger charge is -2.06. The molecule has 0 aromatic carbocycles. The summed E-state index contributed by atoms with van der Waals surface area (Å²) in [5.74, 6) is 0. The van der Waals surface area contributed by atoms with Gasteiger partial charge in [0, 0.05) is 8.90 Å². The molecule has 0 bridgehead atoms. The maximum absolute atomic E-state index is 12.4. The molecule has 0 aliphatic carbocycles. The zero-order valence-electron chi connectivity index (χ0n) is 6.20. The number of nitrogens with zero attached hydrogens (tertiary/aromatic N) is 1. The van der Waals surface area contributed by atoms with Crippen molar-refractivity contribution in [1.82, 2.24) is 4.98 Å². The van der Waals surface area contributed by atoms with Crippen molar-refractivity contribution < 1.29 is 8.78 Å². The molecule has 0 radical (unpaired) electrons. The first kappa shape index (κ1) is 11.8. The van der Waals surface area contributed by atoms with Gasteiger partial charge < -0.3 is 0 Å². The lowest BCUT2D eigenvalue weighted by atomic mass is 10.3. The fraction of sp³-hybridized carbons (Fsp3) is 0.286. The van der Waals surface area contributed by atoms with Gasteiger partial charge in [0.05, 0.1) is 11.3 Å². The van der Waals surface area contributed by atoms with Gasteiger partial charge in [-0.25, -0.2) is 13.8 Å². The Morgan fingerprint density at radius 1 is 1.54 bits per heavy atom. The van der Waals surface area contributed by atoms with E-state index in [9.17, 15) is 8.78 Å². The van der Waals surface area contributed by atoms with E-state index in [2.05, 4.69) is 36.8 Å². The smallest absolute Gasteiger partial charge is 0.244 e. The molecule has 1 aromatic rings. The van der Waals surface area contributed by atoms with Gasteiger partial charge >= 0.3 is 0 Å². The lowest BCUT2D eigenvalue weighted by Crippen LogP contribution is -1.97. The van der Waals surface area contributed by atoms with E-state index < -0.39 is 6.43 Å². The van der Waals surface area contributed by atoms with Crippen LogP contribution in [0.25, 0.3) is 0 Å². The van der Waals surface area contributed by atoms with Crippen LogP contribution < -0.4 is 0 Å². The molecule has 0 atom stereocenters. The fourth-order valence-corrected chi connectivity index (χ4v) is 2.93. The Morgan fingerprint density at radius 2 is 2.15 bits per heavy atom. The highest BCUT2D eigenvalue weighted by Crippen LogP contribution is 2.31. The van der Waals surface area contributed by atoms with Crippen LogP contribution in [0, 0.1) is 3.57 Å². The topological polar surface area (TPSA) is 12.9 Å². The van der Waals surface area contributed by atoms with E-state index in [1.807, 2.05) is 22.6 Å². The summed E-state index contributed by atoms with van der Waals surface area (Å²) in [6.07, 6.45) is -2.49. The van der Waals surface area contributed by atoms with Crippen LogP contribution in [0.15, 0.2) is 10.7 Å². The van der Waals surface area contributed by atoms with E-state index in [0.29, 0.717) is 8.90 Å². The van der Waals surface area contributed by atoms with Gasteiger partial charge in [0.25, 0.3) is 6.43 Å². The number of halogens is 5. The highest BCUT2D eigenvalue weighted by molar-refractivity contribution is 14.1. The average Bonchev–Trinajstić information content (AvgIpc) is 2.02. The second-order valence-electron chi connectivity index (χ2n) is 2.23. The molecule has 0 fully saturated rings. The van der Waals surface area contributed by atoms with E-state index in [1.54, 1.807) is 6.07 Å². The molecule has 1 nitrogen and oxygen atoms in total. The van der Waals surface area contributed by atoms with Gasteiger partial charge in [-0.3, -0.25) is 0 Å². The number of alkyl halides is 3. The zero-order valence-corrected chi connectivity index (χ0v) is 11.5. The fourth-order valence-electron chi connectivity index (χ4n) is 0.804.